The van der Waals surface area contributed by atoms with Gasteiger partial charge in [0, 0.05) is 18.7 Å². The van der Waals surface area contributed by atoms with Crippen molar-refractivity contribution < 1.29 is 19.1 Å². The van der Waals surface area contributed by atoms with E-state index < -0.39 is 17.6 Å². The van der Waals surface area contributed by atoms with Gasteiger partial charge in [-0.05, 0) is 49.2 Å². The minimum absolute atomic E-state index is 0.0910. The van der Waals surface area contributed by atoms with Crippen LogP contribution in [-0.2, 0) is 0 Å². The Kier molecular flexibility index (Phi) is 5.52. The smallest absolute Gasteiger partial charge is 0.255 e. The van der Waals surface area contributed by atoms with Crippen LogP contribution >= 0.6 is 0 Å². The van der Waals surface area contributed by atoms with E-state index in [1.54, 1.807) is 13.0 Å². The lowest BCUT2D eigenvalue weighted by atomic mass is 10.1. The molecular formula is C18H19FN2O3. The van der Waals surface area contributed by atoms with Crippen LogP contribution in [0.4, 0.5) is 4.39 Å². The molecule has 0 saturated heterocycles. The van der Waals surface area contributed by atoms with E-state index in [-0.39, 0.29) is 30.0 Å². The van der Waals surface area contributed by atoms with Crippen molar-refractivity contribution in [2.75, 3.05) is 13.1 Å². The van der Waals surface area contributed by atoms with E-state index in [9.17, 15) is 19.1 Å². The molecule has 0 saturated carbocycles. The van der Waals surface area contributed by atoms with E-state index >= 15 is 0 Å². The second kappa shape index (κ2) is 7.59. The summed E-state index contributed by atoms with van der Waals surface area (Å²) in [5.41, 5.74) is 1.71. The summed E-state index contributed by atoms with van der Waals surface area (Å²) in [5.74, 6) is -1.37. The van der Waals surface area contributed by atoms with Gasteiger partial charge in [0.15, 0.2) is 0 Å². The summed E-state index contributed by atoms with van der Waals surface area (Å²) in [5, 5.41) is 14.9. The normalized spacial score (nSPS) is 10.3. The molecule has 0 aliphatic heterocycles. The van der Waals surface area contributed by atoms with E-state index in [2.05, 4.69) is 10.6 Å². The van der Waals surface area contributed by atoms with E-state index in [0.717, 1.165) is 5.56 Å². The third-order valence-electron chi connectivity index (χ3n) is 3.53. The van der Waals surface area contributed by atoms with Crippen LogP contribution in [0.3, 0.4) is 0 Å². The van der Waals surface area contributed by atoms with E-state index in [0.29, 0.717) is 5.56 Å². The third kappa shape index (κ3) is 4.32. The first-order valence-corrected chi connectivity index (χ1v) is 7.50. The molecule has 0 bridgehead atoms. The van der Waals surface area contributed by atoms with Crippen molar-refractivity contribution in [1.29, 1.82) is 0 Å². The second-order valence-corrected chi connectivity index (χ2v) is 5.50. The summed E-state index contributed by atoms with van der Waals surface area (Å²) in [6, 6.07) is 9.01. The lowest BCUT2D eigenvalue weighted by Gasteiger charge is -2.09. The Morgan fingerprint density at radius 3 is 2.29 bits per heavy atom. The molecule has 0 heterocycles. The van der Waals surface area contributed by atoms with Crippen LogP contribution in [0.1, 0.15) is 31.8 Å². The fourth-order valence-corrected chi connectivity index (χ4v) is 2.12. The molecule has 2 amide bonds. The van der Waals surface area contributed by atoms with E-state index in [4.69, 9.17) is 0 Å². The number of hydrogen-bond acceptors (Lipinski definition) is 3. The summed E-state index contributed by atoms with van der Waals surface area (Å²) >= 11 is 0. The summed E-state index contributed by atoms with van der Waals surface area (Å²) in [6.07, 6.45) is 0. The van der Waals surface area contributed by atoms with Gasteiger partial charge in [-0.25, -0.2) is 4.39 Å². The highest BCUT2D eigenvalue weighted by Crippen LogP contribution is 2.17. The molecule has 0 aliphatic rings. The fourth-order valence-electron chi connectivity index (χ4n) is 2.12. The van der Waals surface area contributed by atoms with Gasteiger partial charge in [0.1, 0.15) is 11.6 Å². The van der Waals surface area contributed by atoms with E-state index in [1.807, 2.05) is 6.92 Å². The highest BCUT2D eigenvalue weighted by Gasteiger charge is 2.11. The maximum Gasteiger partial charge on any atom is 0.255 e. The van der Waals surface area contributed by atoms with E-state index in [1.165, 1.54) is 30.3 Å². The Labute approximate surface area is 139 Å². The van der Waals surface area contributed by atoms with Gasteiger partial charge in [-0.3, -0.25) is 9.59 Å². The summed E-state index contributed by atoms with van der Waals surface area (Å²) in [4.78, 5) is 23.8. The average molecular weight is 330 g/mol. The number of rotatable bonds is 5. The van der Waals surface area contributed by atoms with Gasteiger partial charge in [-0.15, -0.1) is 0 Å². The summed E-state index contributed by atoms with van der Waals surface area (Å²) in [6.45, 7) is 3.80. The van der Waals surface area contributed by atoms with Crippen LogP contribution in [0.15, 0.2) is 36.4 Å². The zero-order valence-electron chi connectivity index (χ0n) is 13.5. The SMILES string of the molecule is Cc1ccc(C(=O)NCCNC(=O)c2ccc(C)c(F)c2)c(O)c1. The molecule has 0 aromatic heterocycles. The summed E-state index contributed by atoms with van der Waals surface area (Å²) < 4.78 is 13.4. The van der Waals surface area contributed by atoms with Gasteiger partial charge in [0.05, 0.1) is 5.56 Å². The van der Waals surface area contributed by atoms with Gasteiger partial charge in [-0.1, -0.05) is 12.1 Å². The molecule has 0 fully saturated rings. The molecule has 6 heteroatoms. The number of benzene rings is 2. The largest absolute Gasteiger partial charge is 0.507 e. The molecule has 0 aliphatic carbocycles. The topological polar surface area (TPSA) is 78.4 Å². The predicted octanol–water partition coefficient (Wildman–Crippen LogP) is 2.31. The number of phenolic OH excluding ortho intramolecular Hbond substituents is 1. The first kappa shape index (κ1) is 17.5. The van der Waals surface area contributed by atoms with Crippen molar-refractivity contribution in [3.05, 3.63) is 64.5 Å². The zero-order valence-corrected chi connectivity index (χ0v) is 13.5. The van der Waals surface area contributed by atoms with Gasteiger partial charge in [0.2, 0.25) is 0 Å². The average Bonchev–Trinajstić information content (AvgIpc) is 2.53. The zero-order chi connectivity index (χ0) is 17.7. The summed E-state index contributed by atoms with van der Waals surface area (Å²) in [7, 11) is 0. The molecular weight excluding hydrogens is 311 g/mol. The van der Waals surface area contributed by atoms with Gasteiger partial charge in [-0.2, -0.15) is 0 Å². The number of aromatic hydroxyl groups is 1. The maximum atomic E-state index is 13.4. The van der Waals surface area contributed by atoms with Gasteiger partial charge in [0.25, 0.3) is 11.8 Å². The van der Waals surface area contributed by atoms with Crippen LogP contribution in [0.25, 0.3) is 0 Å². The number of hydrogen-bond donors (Lipinski definition) is 3. The number of carbonyl (C=O) groups excluding carboxylic acids is 2. The van der Waals surface area contributed by atoms with Crippen LogP contribution in [0, 0.1) is 19.7 Å². The third-order valence-corrected chi connectivity index (χ3v) is 3.53. The van der Waals surface area contributed by atoms with Gasteiger partial charge >= 0.3 is 0 Å². The number of carbonyl (C=O) groups is 2. The minimum Gasteiger partial charge on any atom is -0.507 e. The van der Waals surface area contributed by atoms with Crippen molar-refractivity contribution >= 4 is 11.8 Å². The van der Waals surface area contributed by atoms with Crippen LogP contribution in [0.2, 0.25) is 0 Å². The molecule has 0 atom stereocenters. The maximum absolute atomic E-state index is 13.4. The highest BCUT2D eigenvalue weighted by molar-refractivity contribution is 5.97. The van der Waals surface area contributed by atoms with Crippen molar-refractivity contribution in [1.82, 2.24) is 10.6 Å². The number of halogens is 1. The fraction of sp³-hybridized carbons (Fsp3) is 0.222. The molecule has 3 N–H and O–H groups in total. The van der Waals surface area contributed by atoms with Crippen LogP contribution in [-0.4, -0.2) is 30.0 Å². The second-order valence-electron chi connectivity index (χ2n) is 5.50. The number of phenols is 1. The molecule has 126 valence electrons. The Balaban J connectivity index is 1.82. The standard InChI is InChI=1S/C18H19FN2O3/c1-11-3-6-14(16(22)9-11)18(24)21-8-7-20-17(23)13-5-4-12(2)15(19)10-13/h3-6,9-10,22H,7-8H2,1-2H3,(H,20,23)(H,21,24). The minimum atomic E-state index is -0.439. The number of amides is 2. The van der Waals surface area contributed by atoms with Crippen molar-refractivity contribution in [2.24, 2.45) is 0 Å². The molecule has 5 nitrogen and oxygen atoms in total. The molecule has 0 spiro atoms. The Morgan fingerprint density at radius 2 is 1.67 bits per heavy atom. The van der Waals surface area contributed by atoms with Crippen LogP contribution in [0.5, 0.6) is 5.75 Å². The Morgan fingerprint density at radius 1 is 1.00 bits per heavy atom. The van der Waals surface area contributed by atoms with Crippen molar-refractivity contribution in [3.63, 3.8) is 0 Å². The monoisotopic (exact) mass is 330 g/mol. The number of aryl methyl sites for hydroxylation is 2. The Bertz CT molecular complexity index is 775. The predicted molar refractivity (Wildman–Crippen MR) is 88.6 cm³/mol. The first-order valence-electron chi connectivity index (χ1n) is 7.50. The molecule has 2 rings (SSSR count). The first-order chi connectivity index (χ1) is 11.4. The molecule has 0 unspecified atom stereocenters. The van der Waals surface area contributed by atoms with Gasteiger partial charge < -0.3 is 15.7 Å². The lowest BCUT2D eigenvalue weighted by Crippen LogP contribution is -2.34. The van der Waals surface area contributed by atoms with Crippen LogP contribution < -0.4 is 10.6 Å². The quantitative estimate of drug-likeness (QED) is 0.736. The molecule has 0 radical (unpaired) electrons. The van der Waals surface area contributed by atoms with Crippen molar-refractivity contribution in [3.8, 4) is 5.75 Å². The molecule has 24 heavy (non-hydrogen) atoms. The lowest BCUT2D eigenvalue weighted by molar-refractivity contribution is 0.0926. The molecule has 2 aromatic rings. The highest BCUT2D eigenvalue weighted by atomic mass is 19.1. The molecule has 2 aromatic carbocycles. The number of nitrogens with one attached hydrogen (secondary N) is 2. The van der Waals surface area contributed by atoms with Crippen molar-refractivity contribution in [2.45, 2.75) is 13.8 Å². The Hall–Kier alpha value is -2.89.